The number of hydrogen-bond donors (Lipinski definition) is 0. The highest BCUT2D eigenvalue weighted by atomic mass is 32.2. The third kappa shape index (κ3) is 4.34. The summed E-state index contributed by atoms with van der Waals surface area (Å²) in [4.78, 5) is 1.09. The van der Waals surface area contributed by atoms with Crippen LogP contribution in [0.2, 0.25) is 0 Å². The summed E-state index contributed by atoms with van der Waals surface area (Å²) < 4.78 is 47.8. The molecule has 0 saturated carbocycles. The number of sulfone groups is 2. The van der Waals surface area contributed by atoms with Crippen molar-refractivity contribution < 1.29 is 16.8 Å². The van der Waals surface area contributed by atoms with Crippen LogP contribution in [0, 0.1) is 0 Å². The maximum atomic E-state index is 12.2. The van der Waals surface area contributed by atoms with Crippen molar-refractivity contribution in [2.45, 2.75) is 14.7 Å². The van der Waals surface area contributed by atoms with Crippen LogP contribution in [0.15, 0.2) is 69.3 Å². The van der Waals surface area contributed by atoms with E-state index in [2.05, 4.69) is 0 Å². The van der Waals surface area contributed by atoms with E-state index in [4.69, 9.17) is 0 Å². The van der Waals surface area contributed by atoms with Gasteiger partial charge in [-0.05, 0) is 24.3 Å². The molecule has 0 spiro atoms. The molecule has 2 aromatic rings. The molecule has 0 aliphatic heterocycles. The quantitative estimate of drug-likeness (QED) is 0.744. The standard InChI is InChI=1S/C15H16O4S3/c1-21(16,17)15-10-6-5-9-14(15)20-11-12-22(18,19)13-7-3-2-4-8-13/h2-10H,11-12H2,1H3. The lowest BCUT2D eigenvalue weighted by molar-refractivity contribution is 0.597. The van der Waals surface area contributed by atoms with Gasteiger partial charge in [0.1, 0.15) is 0 Å². The SMILES string of the molecule is CS(=O)(=O)c1ccccc1SCCS(=O)(=O)c1ccccc1. The average molecular weight is 356 g/mol. The first-order valence-electron chi connectivity index (χ1n) is 6.50. The fourth-order valence-electron chi connectivity index (χ4n) is 1.88. The molecule has 0 fully saturated rings. The summed E-state index contributed by atoms with van der Waals surface area (Å²) in [7, 11) is -6.67. The number of hydrogen-bond acceptors (Lipinski definition) is 5. The first kappa shape index (κ1) is 17.1. The van der Waals surface area contributed by atoms with Gasteiger partial charge in [-0.2, -0.15) is 0 Å². The second kappa shape index (κ2) is 6.85. The van der Waals surface area contributed by atoms with Crippen molar-refractivity contribution in [1.82, 2.24) is 0 Å². The lowest BCUT2D eigenvalue weighted by Crippen LogP contribution is -2.09. The van der Waals surface area contributed by atoms with E-state index in [1.54, 1.807) is 48.5 Å². The van der Waals surface area contributed by atoms with Crippen LogP contribution in [-0.2, 0) is 19.7 Å². The van der Waals surface area contributed by atoms with Gasteiger partial charge in [0.25, 0.3) is 0 Å². The molecule has 0 aliphatic carbocycles. The van der Waals surface area contributed by atoms with E-state index >= 15 is 0 Å². The largest absolute Gasteiger partial charge is 0.224 e. The van der Waals surface area contributed by atoms with Crippen LogP contribution in [0.5, 0.6) is 0 Å². The Kier molecular flexibility index (Phi) is 5.31. The summed E-state index contributed by atoms with van der Waals surface area (Å²) in [6, 6.07) is 14.9. The average Bonchev–Trinajstić information content (AvgIpc) is 2.47. The summed E-state index contributed by atoms with van der Waals surface area (Å²) in [6.07, 6.45) is 1.15. The van der Waals surface area contributed by atoms with Gasteiger partial charge < -0.3 is 0 Å². The molecule has 118 valence electrons. The number of rotatable bonds is 6. The second-order valence-electron chi connectivity index (χ2n) is 4.70. The molecule has 0 radical (unpaired) electrons. The lowest BCUT2D eigenvalue weighted by atomic mass is 10.4. The molecular formula is C15H16O4S3. The summed E-state index contributed by atoms with van der Waals surface area (Å²) in [5.74, 6) is 0.254. The minimum atomic E-state index is -3.35. The molecule has 0 N–H and O–H groups in total. The monoisotopic (exact) mass is 356 g/mol. The minimum Gasteiger partial charge on any atom is -0.224 e. The normalized spacial score (nSPS) is 12.2. The summed E-state index contributed by atoms with van der Waals surface area (Å²) >= 11 is 1.24. The maximum absolute atomic E-state index is 12.2. The maximum Gasteiger partial charge on any atom is 0.179 e. The van der Waals surface area contributed by atoms with Crippen LogP contribution in [0.3, 0.4) is 0 Å². The Hall–Kier alpha value is -1.31. The van der Waals surface area contributed by atoms with Crippen molar-refractivity contribution in [1.29, 1.82) is 0 Å². The molecule has 0 unspecified atom stereocenters. The number of thioether (sulfide) groups is 1. The number of benzene rings is 2. The van der Waals surface area contributed by atoms with Gasteiger partial charge in [0.2, 0.25) is 0 Å². The van der Waals surface area contributed by atoms with Gasteiger partial charge in [0.05, 0.1) is 15.5 Å². The molecule has 4 nitrogen and oxygen atoms in total. The fraction of sp³-hybridized carbons (Fsp3) is 0.200. The van der Waals surface area contributed by atoms with Gasteiger partial charge in [0, 0.05) is 16.9 Å². The Labute approximate surface area is 135 Å². The molecule has 7 heteroatoms. The van der Waals surface area contributed by atoms with Gasteiger partial charge in [-0.15, -0.1) is 11.8 Å². The third-order valence-corrected chi connectivity index (χ3v) is 7.31. The van der Waals surface area contributed by atoms with Crippen molar-refractivity contribution in [3.8, 4) is 0 Å². The van der Waals surface area contributed by atoms with E-state index in [9.17, 15) is 16.8 Å². The van der Waals surface area contributed by atoms with Crippen molar-refractivity contribution in [3.63, 3.8) is 0 Å². The molecule has 0 bridgehead atoms. The highest BCUT2D eigenvalue weighted by molar-refractivity contribution is 8.01. The molecule has 0 heterocycles. The van der Waals surface area contributed by atoms with E-state index < -0.39 is 19.7 Å². The smallest absolute Gasteiger partial charge is 0.179 e. The molecule has 0 aromatic heterocycles. The Morgan fingerprint density at radius 2 is 1.45 bits per heavy atom. The van der Waals surface area contributed by atoms with Crippen molar-refractivity contribution in [2.24, 2.45) is 0 Å². The molecular weight excluding hydrogens is 340 g/mol. The molecule has 0 amide bonds. The van der Waals surface area contributed by atoms with E-state index in [0.717, 1.165) is 6.26 Å². The van der Waals surface area contributed by atoms with Crippen LogP contribution in [0.25, 0.3) is 0 Å². The summed E-state index contributed by atoms with van der Waals surface area (Å²) in [5, 5.41) is 0. The Bertz CT molecular complexity index is 841. The van der Waals surface area contributed by atoms with E-state index in [0.29, 0.717) is 10.6 Å². The Morgan fingerprint density at radius 3 is 2.09 bits per heavy atom. The van der Waals surface area contributed by atoms with Gasteiger partial charge in [0.15, 0.2) is 19.7 Å². The molecule has 22 heavy (non-hydrogen) atoms. The zero-order valence-corrected chi connectivity index (χ0v) is 14.4. The van der Waals surface area contributed by atoms with Crippen LogP contribution < -0.4 is 0 Å². The van der Waals surface area contributed by atoms with Gasteiger partial charge in [-0.3, -0.25) is 0 Å². The molecule has 0 aliphatic rings. The molecule has 0 atom stereocenters. The van der Waals surface area contributed by atoms with E-state index in [1.807, 2.05) is 0 Å². The summed E-state index contributed by atoms with van der Waals surface area (Å²) in [6.45, 7) is 0. The predicted octanol–water partition coefficient (Wildman–Crippen LogP) is 2.66. The topological polar surface area (TPSA) is 68.3 Å². The first-order valence-corrected chi connectivity index (χ1v) is 11.0. The van der Waals surface area contributed by atoms with Crippen LogP contribution in [0.4, 0.5) is 0 Å². The van der Waals surface area contributed by atoms with Crippen molar-refractivity contribution in [2.75, 3.05) is 17.8 Å². The Balaban J connectivity index is 2.10. The second-order valence-corrected chi connectivity index (χ2v) is 9.93. The van der Waals surface area contributed by atoms with Crippen LogP contribution in [0.1, 0.15) is 0 Å². The van der Waals surface area contributed by atoms with E-state index in [1.165, 1.54) is 17.8 Å². The van der Waals surface area contributed by atoms with E-state index in [-0.39, 0.29) is 15.5 Å². The van der Waals surface area contributed by atoms with Crippen LogP contribution >= 0.6 is 11.8 Å². The molecule has 2 aromatic carbocycles. The molecule has 2 rings (SSSR count). The fourth-order valence-corrected chi connectivity index (χ4v) is 5.90. The zero-order chi connectivity index (χ0) is 16.2. The van der Waals surface area contributed by atoms with Crippen molar-refractivity contribution >= 4 is 31.4 Å². The highest BCUT2D eigenvalue weighted by Gasteiger charge is 2.16. The lowest BCUT2D eigenvalue weighted by Gasteiger charge is -2.08. The van der Waals surface area contributed by atoms with Gasteiger partial charge >= 0.3 is 0 Å². The Morgan fingerprint density at radius 1 is 0.864 bits per heavy atom. The highest BCUT2D eigenvalue weighted by Crippen LogP contribution is 2.27. The van der Waals surface area contributed by atoms with Gasteiger partial charge in [-0.1, -0.05) is 30.3 Å². The molecule has 0 saturated heterocycles. The first-order chi connectivity index (χ1) is 10.3. The van der Waals surface area contributed by atoms with Crippen LogP contribution in [-0.4, -0.2) is 34.6 Å². The zero-order valence-electron chi connectivity index (χ0n) is 12.0. The summed E-state index contributed by atoms with van der Waals surface area (Å²) in [5.41, 5.74) is 0. The third-order valence-electron chi connectivity index (χ3n) is 2.96. The van der Waals surface area contributed by atoms with Crippen molar-refractivity contribution in [3.05, 3.63) is 54.6 Å². The predicted molar refractivity (Wildman–Crippen MR) is 88.8 cm³/mol. The minimum absolute atomic E-state index is 0.0419. The van der Waals surface area contributed by atoms with Gasteiger partial charge in [-0.25, -0.2) is 16.8 Å².